The molecule has 0 aliphatic heterocycles. The zero-order chi connectivity index (χ0) is 16.6. The van der Waals surface area contributed by atoms with Crippen molar-refractivity contribution in [1.82, 2.24) is 3.97 Å². The maximum atomic E-state index is 13.4. The molecule has 0 fully saturated rings. The summed E-state index contributed by atoms with van der Waals surface area (Å²) in [5, 5.41) is 2.20. The largest absolute Gasteiger partial charge is 0.256 e. The molecule has 1 aromatic heterocycles. The Labute approximate surface area is 152 Å². The van der Waals surface area contributed by atoms with Crippen LogP contribution in [0.2, 0.25) is 10.0 Å². The van der Waals surface area contributed by atoms with Gasteiger partial charge in [0.2, 0.25) is 0 Å². The number of aromatic nitrogens is 1. The summed E-state index contributed by atoms with van der Waals surface area (Å²) in [6.07, 6.45) is 0. The van der Waals surface area contributed by atoms with Gasteiger partial charge in [-0.25, -0.2) is 0 Å². The number of allylic oxidation sites excluding steroid dienone is 1. The highest BCUT2D eigenvalue weighted by Gasteiger charge is 2.15. The third kappa shape index (κ3) is 3.41. The first-order valence-electron chi connectivity index (χ1n) is 6.73. The van der Waals surface area contributed by atoms with Crippen molar-refractivity contribution in [3.05, 3.63) is 64.8 Å². The van der Waals surface area contributed by atoms with E-state index in [1.54, 1.807) is 17.8 Å². The third-order valence-corrected chi connectivity index (χ3v) is 5.42. The minimum absolute atomic E-state index is 0.156. The number of hydrogen-bond donors (Lipinski definition) is 0. The molecule has 0 aliphatic rings. The minimum Gasteiger partial charge on any atom is -0.256 e. The van der Waals surface area contributed by atoms with E-state index in [-0.39, 0.29) is 12.3 Å². The first-order chi connectivity index (χ1) is 11.0. The first kappa shape index (κ1) is 16.8. The van der Waals surface area contributed by atoms with Gasteiger partial charge in [0.05, 0.1) is 11.2 Å². The molecule has 0 N–H and O–H groups in total. The number of halogens is 3. The molecule has 3 rings (SSSR count). The summed E-state index contributed by atoms with van der Waals surface area (Å²) in [6, 6.07) is 13.2. The molecule has 0 saturated carbocycles. The molecule has 1 heterocycles. The highest BCUT2D eigenvalue weighted by molar-refractivity contribution is 7.99. The Kier molecular flexibility index (Phi) is 4.97. The van der Waals surface area contributed by atoms with Crippen LogP contribution in [0.15, 0.2) is 58.8 Å². The number of nitrogens with zero attached hydrogens (tertiary/aromatic N) is 1. The molecule has 0 radical (unpaired) electrons. The SMILES string of the molecule is C=C(C)c1cc2c(Sc3ccc(Cl)cc3)cc(Cl)cc2n1SF. The molecule has 0 amide bonds. The number of benzene rings is 2. The van der Waals surface area contributed by atoms with Gasteiger partial charge < -0.3 is 0 Å². The number of hydrogen-bond acceptors (Lipinski definition) is 2. The fourth-order valence-electron chi connectivity index (χ4n) is 2.30. The monoisotopic (exact) mass is 383 g/mol. The second-order valence-corrected chi connectivity index (χ2v) is 7.56. The van der Waals surface area contributed by atoms with Gasteiger partial charge in [0.15, 0.2) is 12.3 Å². The van der Waals surface area contributed by atoms with Crippen LogP contribution in [0, 0.1) is 0 Å². The van der Waals surface area contributed by atoms with Crippen molar-refractivity contribution in [2.75, 3.05) is 0 Å². The van der Waals surface area contributed by atoms with Crippen LogP contribution < -0.4 is 0 Å². The summed E-state index contributed by atoms with van der Waals surface area (Å²) in [7, 11) is 0. The van der Waals surface area contributed by atoms with E-state index in [2.05, 4.69) is 6.58 Å². The van der Waals surface area contributed by atoms with E-state index in [1.165, 1.54) is 3.97 Å². The Morgan fingerprint density at radius 3 is 2.39 bits per heavy atom. The predicted octanol–water partition coefficient (Wildman–Crippen LogP) is 7.51. The molecular formula is C17H12Cl2FNS2. The second kappa shape index (κ2) is 6.81. The van der Waals surface area contributed by atoms with Crippen LogP contribution >= 0.6 is 47.3 Å². The van der Waals surface area contributed by atoms with Crippen molar-refractivity contribution in [3.8, 4) is 0 Å². The highest BCUT2D eigenvalue weighted by atomic mass is 35.5. The molecule has 118 valence electrons. The van der Waals surface area contributed by atoms with Crippen LogP contribution in [-0.2, 0) is 0 Å². The van der Waals surface area contributed by atoms with Gasteiger partial charge in [-0.2, -0.15) is 0 Å². The van der Waals surface area contributed by atoms with Gasteiger partial charge >= 0.3 is 0 Å². The Balaban J connectivity index is 2.16. The van der Waals surface area contributed by atoms with Crippen LogP contribution in [0.5, 0.6) is 0 Å². The fraction of sp³-hybridized carbons (Fsp3) is 0.0588. The molecule has 6 heteroatoms. The van der Waals surface area contributed by atoms with E-state index in [0.717, 1.165) is 32.0 Å². The standard InChI is InChI=1S/C17H12Cl2FNS2/c1-10(2)15-9-14-16(21(15)23-20)7-12(19)8-17(14)22-13-5-3-11(18)4-6-13/h3-9H,1H2,2H3. The quantitative estimate of drug-likeness (QED) is 0.458. The zero-order valence-electron chi connectivity index (χ0n) is 12.1. The van der Waals surface area contributed by atoms with Gasteiger partial charge in [0, 0.05) is 25.2 Å². The normalized spacial score (nSPS) is 11.1. The van der Waals surface area contributed by atoms with Gasteiger partial charge in [0.1, 0.15) is 0 Å². The Morgan fingerprint density at radius 1 is 1.09 bits per heavy atom. The average Bonchev–Trinajstić information content (AvgIpc) is 2.88. The zero-order valence-corrected chi connectivity index (χ0v) is 15.3. The van der Waals surface area contributed by atoms with Crippen LogP contribution in [0.4, 0.5) is 3.89 Å². The van der Waals surface area contributed by atoms with Crippen LogP contribution in [-0.4, -0.2) is 3.97 Å². The third-order valence-electron chi connectivity index (χ3n) is 3.35. The van der Waals surface area contributed by atoms with Crippen molar-refractivity contribution in [2.24, 2.45) is 0 Å². The van der Waals surface area contributed by atoms with Crippen molar-refractivity contribution < 1.29 is 3.89 Å². The van der Waals surface area contributed by atoms with E-state index >= 15 is 0 Å². The van der Waals surface area contributed by atoms with Crippen molar-refractivity contribution in [1.29, 1.82) is 0 Å². The summed E-state index contributed by atoms with van der Waals surface area (Å²) in [4.78, 5) is 2.00. The Bertz CT molecular complexity index is 888. The Morgan fingerprint density at radius 2 is 1.78 bits per heavy atom. The van der Waals surface area contributed by atoms with Crippen molar-refractivity contribution in [2.45, 2.75) is 16.7 Å². The summed E-state index contributed by atoms with van der Waals surface area (Å²) in [6.45, 7) is 5.78. The predicted molar refractivity (Wildman–Crippen MR) is 101 cm³/mol. The molecule has 0 atom stereocenters. The van der Waals surface area contributed by atoms with E-state index in [4.69, 9.17) is 23.2 Å². The van der Waals surface area contributed by atoms with Crippen LogP contribution in [0.1, 0.15) is 12.6 Å². The molecule has 0 aliphatic carbocycles. The van der Waals surface area contributed by atoms with E-state index in [1.807, 2.05) is 43.3 Å². The van der Waals surface area contributed by atoms with Gasteiger partial charge in [0.25, 0.3) is 0 Å². The van der Waals surface area contributed by atoms with E-state index in [9.17, 15) is 3.89 Å². The fourth-order valence-corrected chi connectivity index (χ4v) is 4.20. The molecule has 23 heavy (non-hydrogen) atoms. The minimum atomic E-state index is 0.156. The Hall–Kier alpha value is -1.07. The summed E-state index contributed by atoms with van der Waals surface area (Å²) < 4.78 is 14.9. The van der Waals surface area contributed by atoms with Gasteiger partial charge in [-0.3, -0.25) is 3.97 Å². The lowest BCUT2D eigenvalue weighted by molar-refractivity contribution is 0.919. The maximum absolute atomic E-state index is 13.4. The lowest BCUT2D eigenvalue weighted by atomic mass is 10.2. The average molecular weight is 384 g/mol. The van der Waals surface area contributed by atoms with E-state index < -0.39 is 0 Å². The molecule has 0 spiro atoms. The smallest absolute Gasteiger partial charge is 0.170 e. The van der Waals surface area contributed by atoms with Crippen LogP contribution in [0.3, 0.4) is 0 Å². The number of fused-ring (bicyclic) bond motifs is 1. The van der Waals surface area contributed by atoms with Crippen LogP contribution in [0.25, 0.3) is 16.5 Å². The summed E-state index contributed by atoms with van der Waals surface area (Å²) >= 11 is 13.9. The molecule has 2 aromatic carbocycles. The molecule has 0 unspecified atom stereocenters. The lowest BCUT2D eigenvalue weighted by Gasteiger charge is -2.06. The van der Waals surface area contributed by atoms with E-state index in [0.29, 0.717) is 10.0 Å². The topological polar surface area (TPSA) is 4.93 Å². The summed E-state index contributed by atoms with van der Waals surface area (Å²) in [5.41, 5.74) is 2.28. The molecule has 3 aromatic rings. The molecule has 1 nitrogen and oxygen atoms in total. The summed E-state index contributed by atoms with van der Waals surface area (Å²) in [5.74, 6) is 0. The number of rotatable bonds is 4. The maximum Gasteiger partial charge on any atom is 0.170 e. The molecule has 0 bridgehead atoms. The van der Waals surface area contributed by atoms with Gasteiger partial charge in [-0.15, -0.1) is 3.89 Å². The second-order valence-electron chi connectivity index (χ2n) is 5.07. The first-order valence-corrected chi connectivity index (χ1v) is 8.97. The van der Waals surface area contributed by atoms with Crippen molar-refractivity contribution in [3.63, 3.8) is 0 Å². The molecule has 0 saturated heterocycles. The highest BCUT2D eigenvalue weighted by Crippen LogP contribution is 2.40. The van der Waals surface area contributed by atoms with Gasteiger partial charge in [-0.05, 0) is 55.0 Å². The van der Waals surface area contributed by atoms with Crippen molar-refractivity contribution >= 4 is 63.8 Å². The van der Waals surface area contributed by atoms with Gasteiger partial charge in [-0.1, -0.05) is 41.5 Å². The molecular weight excluding hydrogens is 372 g/mol. The lowest BCUT2D eigenvalue weighted by Crippen LogP contribution is -1.89.